The van der Waals surface area contributed by atoms with Crippen molar-refractivity contribution < 1.29 is 20.4 Å². The van der Waals surface area contributed by atoms with Crippen molar-refractivity contribution in [3.8, 4) is 22.8 Å². The van der Waals surface area contributed by atoms with Crippen LogP contribution in [0.2, 0.25) is 0 Å². The summed E-state index contributed by atoms with van der Waals surface area (Å²) in [6.07, 6.45) is 3.65. The third-order valence-corrected chi connectivity index (χ3v) is 7.21. The van der Waals surface area contributed by atoms with E-state index in [4.69, 9.17) is 0 Å². The zero-order valence-electron chi connectivity index (χ0n) is 20.7. The van der Waals surface area contributed by atoms with Crippen molar-refractivity contribution in [1.82, 2.24) is 19.1 Å². The molecule has 4 nitrogen and oxygen atoms in total. The standard InChI is InChI=1S/C34H20N4.Pd/c1-3-12-30-25(9-1)27-17-15-23(29-11-5-7-19-35-29)21-32(27)37(30)24-16-18-28-26-10-2-4-13-31(26)38(33(28)22-24)34-14-6-8-20-36-34;/h1-20H;/q-2;+2. The molecule has 4 heterocycles. The predicted octanol–water partition coefficient (Wildman–Crippen LogP) is 7.94. The van der Waals surface area contributed by atoms with Crippen molar-refractivity contribution in [1.29, 1.82) is 0 Å². The molecule has 0 amide bonds. The Bertz CT molecular complexity index is 2130. The number of hydrogen-bond donors (Lipinski definition) is 0. The third kappa shape index (κ3) is 3.63. The molecule has 8 rings (SSSR count). The van der Waals surface area contributed by atoms with E-state index in [1.54, 1.807) is 0 Å². The number of para-hydroxylation sites is 2. The Labute approximate surface area is 238 Å². The minimum atomic E-state index is 0. The van der Waals surface area contributed by atoms with Gasteiger partial charge in [0.2, 0.25) is 0 Å². The molecule has 0 aliphatic heterocycles. The van der Waals surface area contributed by atoms with Gasteiger partial charge >= 0.3 is 20.4 Å². The smallest absolute Gasteiger partial charge is 0.352 e. The van der Waals surface area contributed by atoms with Gasteiger partial charge in [-0.15, -0.1) is 41.3 Å². The second-order valence-electron chi connectivity index (χ2n) is 9.35. The van der Waals surface area contributed by atoms with Gasteiger partial charge in [0.1, 0.15) is 5.82 Å². The minimum absolute atomic E-state index is 0. The summed E-state index contributed by atoms with van der Waals surface area (Å²) in [5, 5.41) is 4.67. The Kier molecular flexibility index (Phi) is 5.63. The van der Waals surface area contributed by atoms with Crippen molar-refractivity contribution >= 4 is 43.6 Å². The predicted molar refractivity (Wildman–Crippen MR) is 154 cm³/mol. The fraction of sp³-hybridized carbons (Fsp3) is 0. The van der Waals surface area contributed by atoms with Gasteiger partial charge < -0.3 is 14.1 Å². The molecule has 4 aromatic heterocycles. The van der Waals surface area contributed by atoms with Gasteiger partial charge in [0.25, 0.3) is 0 Å². The van der Waals surface area contributed by atoms with Crippen molar-refractivity contribution in [3.05, 3.63) is 134 Å². The molecule has 0 fully saturated rings. The zero-order chi connectivity index (χ0) is 25.1. The number of aromatic nitrogens is 4. The number of rotatable bonds is 3. The largest absolute Gasteiger partial charge is 2.00 e. The molecule has 8 aromatic rings. The van der Waals surface area contributed by atoms with E-state index in [-0.39, 0.29) is 20.4 Å². The molecule has 5 heteroatoms. The molecule has 0 saturated carbocycles. The molecule has 0 bridgehead atoms. The van der Waals surface area contributed by atoms with Crippen LogP contribution in [-0.4, -0.2) is 19.1 Å². The van der Waals surface area contributed by atoms with Crippen molar-refractivity contribution in [2.75, 3.05) is 0 Å². The first-order valence-corrected chi connectivity index (χ1v) is 12.6. The molecule has 0 atom stereocenters. The molecule has 0 radical (unpaired) electrons. The number of benzene rings is 4. The van der Waals surface area contributed by atoms with E-state index < -0.39 is 0 Å². The van der Waals surface area contributed by atoms with E-state index in [1.807, 2.05) is 48.8 Å². The maximum Gasteiger partial charge on any atom is 2.00 e. The van der Waals surface area contributed by atoms with Crippen LogP contribution in [0.15, 0.2) is 122 Å². The van der Waals surface area contributed by atoms with Gasteiger partial charge in [0, 0.05) is 23.4 Å². The Morgan fingerprint density at radius 3 is 1.79 bits per heavy atom. The number of hydrogen-bond acceptors (Lipinski definition) is 2. The number of nitrogens with zero attached hydrogens (tertiary/aromatic N) is 4. The molecule has 4 aromatic carbocycles. The molecule has 0 aliphatic carbocycles. The average molecular weight is 591 g/mol. The molecule has 39 heavy (non-hydrogen) atoms. The first-order chi connectivity index (χ1) is 18.9. The molecule has 0 N–H and O–H groups in total. The Balaban J connectivity index is 0.00000253. The summed E-state index contributed by atoms with van der Waals surface area (Å²) >= 11 is 0. The number of pyridine rings is 2. The number of fused-ring (bicyclic) bond motifs is 6. The molecule has 0 spiro atoms. The maximum absolute atomic E-state index is 4.68. The monoisotopic (exact) mass is 590 g/mol. The van der Waals surface area contributed by atoms with Gasteiger partial charge in [-0.2, -0.15) is 6.07 Å². The normalized spacial score (nSPS) is 11.4. The van der Waals surface area contributed by atoms with Crippen molar-refractivity contribution in [2.45, 2.75) is 0 Å². The summed E-state index contributed by atoms with van der Waals surface area (Å²) in [6.45, 7) is 0. The van der Waals surface area contributed by atoms with Crippen LogP contribution >= 0.6 is 0 Å². The van der Waals surface area contributed by atoms with Gasteiger partial charge in [0.15, 0.2) is 0 Å². The molecule has 0 unspecified atom stereocenters. The van der Waals surface area contributed by atoms with E-state index in [0.29, 0.717) is 0 Å². The van der Waals surface area contributed by atoms with Crippen LogP contribution in [0.4, 0.5) is 0 Å². The van der Waals surface area contributed by atoms with Gasteiger partial charge in [-0.05, 0) is 52.3 Å². The van der Waals surface area contributed by atoms with E-state index in [1.165, 1.54) is 10.8 Å². The van der Waals surface area contributed by atoms with Crippen LogP contribution in [0.25, 0.3) is 66.4 Å². The molecule has 0 saturated heterocycles. The van der Waals surface area contributed by atoms with E-state index in [9.17, 15) is 0 Å². The second kappa shape index (κ2) is 9.32. The summed E-state index contributed by atoms with van der Waals surface area (Å²) in [4.78, 5) is 9.25. The van der Waals surface area contributed by atoms with Crippen LogP contribution in [0.1, 0.15) is 0 Å². The Morgan fingerprint density at radius 1 is 0.487 bits per heavy atom. The van der Waals surface area contributed by atoms with Crippen LogP contribution in [-0.2, 0) is 20.4 Å². The average Bonchev–Trinajstić information content (AvgIpc) is 3.50. The van der Waals surface area contributed by atoms with Gasteiger partial charge in [-0.3, -0.25) is 0 Å². The topological polar surface area (TPSA) is 35.6 Å². The first-order valence-electron chi connectivity index (χ1n) is 12.6. The van der Waals surface area contributed by atoms with E-state index in [0.717, 1.165) is 55.6 Å². The summed E-state index contributed by atoms with van der Waals surface area (Å²) < 4.78 is 4.46. The van der Waals surface area contributed by atoms with Crippen LogP contribution in [0, 0.1) is 12.1 Å². The summed E-state index contributed by atoms with van der Waals surface area (Å²) in [5.74, 6) is 0.873. The minimum Gasteiger partial charge on any atom is -0.352 e. The zero-order valence-corrected chi connectivity index (χ0v) is 22.2. The first kappa shape index (κ1) is 23.6. The fourth-order valence-corrected chi connectivity index (χ4v) is 5.55. The van der Waals surface area contributed by atoms with Gasteiger partial charge in [-0.25, -0.2) is 4.98 Å². The Hall–Kier alpha value is -4.56. The summed E-state index contributed by atoms with van der Waals surface area (Å²) in [7, 11) is 0. The summed E-state index contributed by atoms with van der Waals surface area (Å²) in [5.41, 5.74) is 7.05. The van der Waals surface area contributed by atoms with Gasteiger partial charge in [-0.1, -0.05) is 71.2 Å². The third-order valence-electron chi connectivity index (χ3n) is 7.21. The van der Waals surface area contributed by atoms with Crippen LogP contribution < -0.4 is 0 Å². The second-order valence-corrected chi connectivity index (χ2v) is 9.35. The SMILES string of the molecule is [Pd+2].[c-]1c(-c2ccccn2)ccc2c3ccccc3n(-c3[c-]c4c(cc3)c3ccccc3n4-c3ccccn3)c12. The van der Waals surface area contributed by atoms with Crippen molar-refractivity contribution in [2.24, 2.45) is 0 Å². The quantitative estimate of drug-likeness (QED) is 0.155. The molecule has 0 aliphatic rings. The maximum atomic E-state index is 4.68. The summed E-state index contributed by atoms with van der Waals surface area (Å²) in [6, 6.07) is 45.0. The molecular formula is C34H20N4Pd. The van der Waals surface area contributed by atoms with Gasteiger partial charge in [0.05, 0.1) is 0 Å². The van der Waals surface area contributed by atoms with E-state index in [2.05, 4.69) is 104 Å². The van der Waals surface area contributed by atoms with Crippen LogP contribution in [0.5, 0.6) is 0 Å². The Morgan fingerprint density at radius 2 is 1.10 bits per heavy atom. The fourth-order valence-electron chi connectivity index (χ4n) is 5.55. The van der Waals surface area contributed by atoms with Crippen LogP contribution in [0.3, 0.4) is 0 Å². The van der Waals surface area contributed by atoms with Crippen molar-refractivity contribution in [3.63, 3.8) is 0 Å². The van der Waals surface area contributed by atoms with E-state index >= 15 is 0 Å². The molecular weight excluding hydrogens is 571 g/mol. The molecule has 186 valence electrons.